The topological polar surface area (TPSA) is 48.1 Å². The van der Waals surface area contributed by atoms with Crippen molar-refractivity contribution in [2.45, 2.75) is 58.5 Å². The van der Waals surface area contributed by atoms with Crippen molar-refractivity contribution in [3.05, 3.63) is 81.1 Å². The molecule has 0 spiro atoms. The molecule has 0 amide bonds. The summed E-state index contributed by atoms with van der Waals surface area (Å²) in [7, 11) is 0. The number of H-pyrrole nitrogens is 1. The van der Waals surface area contributed by atoms with Gasteiger partial charge in [0.2, 0.25) is 0 Å². The fraction of sp³-hybridized carbons (Fsp3) is 0.385. The van der Waals surface area contributed by atoms with Crippen molar-refractivity contribution in [1.29, 1.82) is 0 Å². The molecule has 5 heteroatoms. The summed E-state index contributed by atoms with van der Waals surface area (Å²) in [5, 5.41) is 5.32. The lowest BCUT2D eigenvalue weighted by atomic mass is 10.0. The van der Waals surface area contributed by atoms with Crippen molar-refractivity contribution in [2.75, 3.05) is 6.54 Å². The second kappa shape index (κ2) is 9.65. The zero-order valence-electron chi connectivity index (χ0n) is 18.4. The van der Waals surface area contributed by atoms with Crippen molar-refractivity contribution in [3.8, 4) is 0 Å². The number of aryl methyl sites for hydroxylation is 2. The number of nitrogens with one attached hydrogen (secondary N) is 2. The number of thiocarbonyl (C=S) groups is 1. The van der Waals surface area contributed by atoms with Crippen LogP contribution in [0.1, 0.15) is 47.9 Å². The van der Waals surface area contributed by atoms with Gasteiger partial charge in [0.05, 0.1) is 12.1 Å². The van der Waals surface area contributed by atoms with E-state index in [4.69, 9.17) is 12.2 Å². The van der Waals surface area contributed by atoms with Gasteiger partial charge in [-0.2, -0.15) is 0 Å². The average molecular weight is 434 g/mol. The number of hydrogen-bond acceptors (Lipinski definition) is 2. The fourth-order valence-electron chi connectivity index (χ4n) is 4.56. The molecular formula is C26H31N3OS. The number of rotatable bonds is 6. The van der Waals surface area contributed by atoms with Gasteiger partial charge in [-0.3, -0.25) is 4.79 Å². The fourth-order valence-corrected chi connectivity index (χ4v) is 4.88. The number of benzene rings is 2. The lowest BCUT2D eigenvalue weighted by molar-refractivity contribution is 0.302. The van der Waals surface area contributed by atoms with Gasteiger partial charge in [-0.15, -0.1) is 0 Å². The number of nitrogens with zero attached hydrogens (tertiary/aromatic N) is 1. The molecule has 0 atom stereocenters. The minimum atomic E-state index is -0.0173. The highest BCUT2D eigenvalue weighted by molar-refractivity contribution is 7.80. The van der Waals surface area contributed by atoms with E-state index in [9.17, 15) is 4.79 Å². The maximum absolute atomic E-state index is 12.9. The SMILES string of the molecule is Cc1ccc(C)c2[nH]c(=O)c(CN(C(=S)NCCc3ccccc3)C3CCCC3)cc12. The second-order valence-electron chi connectivity index (χ2n) is 8.65. The predicted octanol–water partition coefficient (Wildman–Crippen LogP) is 5.01. The monoisotopic (exact) mass is 433 g/mol. The molecule has 0 saturated heterocycles. The molecule has 0 bridgehead atoms. The Hall–Kier alpha value is -2.66. The molecule has 0 unspecified atom stereocenters. The smallest absolute Gasteiger partial charge is 0.253 e. The molecule has 1 fully saturated rings. The third kappa shape index (κ3) is 4.99. The lowest BCUT2D eigenvalue weighted by Crippen LogP contribution is -2.45. The number of pyridine rings is 1. The average Bonchev–Trinajstić information content (AvgIpc) is 3.30. The van der Waals surface area contributed by atoms with E-state index >= 15 is 0 Å². The summed E-state index contributed by atoms with van der Waals surface area (Å²) >= 11 is 5.81. The Morgan fingerprint density at radius 1 is 1.10 bits per heavy atom. The maximum Gasteiger partial charge on any atom is 0.253 e. The van der Waals surface area contributed by atoms with Crippen LogP contribution in [0.15, 0.2) is 53.3 Å². The van der Waals surface area contributed by atoms with Crippen molar-refractivity contribution in [1.82, 2.24) is 15.2 Å². The zero-order valence-corrected chi connectivity index (χ0v) is 19.2. The molecule has 0 aliphatic heterocycles. The van der Waals surface area contributed by atoms with Crippen LogP contribution in [0.25, 0.3) is 10.9 Å². The number of fused-ring (bicyclic) bond motifs is 1. The third-order valence-electron chi connectivity index (χ3n) is 6.42. The van der Waals surface area contributed by atoms with Crippen LogP contribution in [0.5, 0.6) is 0 Å². The van der Waals surface area contributed by atoms with Gasteiger partial charge in [0.25, 0.3) is 5.56 Å². The summed E-state index contributed by atoms with van der Waals surface area (Å²) in [4.78, 5) is 18.3. The van der Waals surface area contributed by atoms with Gasteiger partial charge in [0.1, 0.15) is 0 Å². The first-order chi connectivity index (χ1) is 15.0. The van der Waals surface area contributed by atoms with Gasteiger partial charge in [-0.25, -0.2) is 0 Å². The van der Waals surface area contributed by atoms with E-state index < -0.39 is 0 Å². The van der Waals surface area contributed by atoms with E-state index in [-0.39, 0.29) is 5.56 Å². The standard InChI is InChI=1S/C26H31N3OS/c1-18-12-13-19(2)24-23(18)16-21(25(30)28-24)17-29(22-10-6-7-11-22)26(31)27-15-14-20-8-4-3-5-9-20/h3-5,8-9,12-13,16,22H,6-7,10-11,14-15,17H2,1-2H3,(H,27,31)(H,28,30). The molecule has 2 aromatic carbocycles. The van der Waals surface area contributed by atoms with E-state index in [1.165, 1.54) is 24.0 Å². The Bertz CT molecular complexity index is 1120. The van der Waals surface area contributed by atoms with Crippen LogP contribution in [-0.4, -0.2) is 27.6 Å². The van der Waals surface area contributed by atoms with E-state index in [0.717, 1.165) is 52.9 Å². The molecule has 4 rings (SSSR count). The van der Waals surface area contributed by atoms with Crippen LogP contribution < -0.4 is 10.9 Å². The number of aromatic amines is 1. The number of aromatic nitrogens is 1. The van der Waals surface area contributed by atoms with Crippen LogP contribution in [0.2, 0.25) is 0 Å². The summed E-state index contributed by atoms with van der Waals surface area (Å²) in [6.07, 6.45) is 5.63. The van der Waals surface area contributed by atoms with E-state index in [2.05, 4.69) is 64.6 Å². The second-order valence-corrected chi connectivity index (χ2v) is 9.03. The quantitative estimate of drug-likeness (QED) is 0.537. The van der Waals surface area contributed by atoms with Gasteiger partial charge in [0, 0.05) is 23.5 Å². The third-order valence-corrected chi connectivity index (χ3v) is 6.80. The van der Waals surface area contributed by atoms with Gasteiger partial charge >= 0.3 is 0 Å². The molecule has 1 aliphatic rings. The van der Waals surface area contributed by atoms with Crippen LogP contribution in [-0.2, 0) is 13.0 Å². The molecule has 162 valence electrons. The highest BCUT2D eigenvalue weighted by Crippen LogP contribution is 2.26. The largest absolute Gasteiger partial charge is 0.362 e. The molecule has 2 N–H and O–H groups in total. The summed E-state index contributed by atoms with van der Waals surface area (Å²) in [6, 6.07) is 17.1. The Morgan fingerprint density at radius 2 is 1.81 bits per heavy atom. The van der Waals surface area contributed by atoms with Crippen LogP contribution in [0.4, 0.5) is 0 Å². The van der Waals surface area contributed by atoms with E-state index in [0.29, 0.717) is 12.6 Å². The van der Waals surface area contributed by atoms with Crippen LogP contribution in [0, 0.1) is 13.8 Å². The lowest BCUT2D eigenvalue weighted by Gasteiger charge is -2.31. The molecule has 4 nitrogen and oxygen atoms in total. The summed E-state index contributed by atoms with van der Waals surface area (Å²) in [5.41, 5.74) is 5.26. The summed E-state index contributed by atoms with van der Waals surface area (Å²) < 4.78 is 0. The first-order valence-electron chi connectivity index (χ1n) is 11.2. The normalized spacial score (nSPS) is 14.1. The van der Waals surface area contributed by atoms with E-state index in [1.54, 1.807) is 0 Å². The summed E-state index contributed by atoms with van der Waals surface area (Å²) in [6.45, 7) is 5.46. The number of hydrogen-bond donors (Lipinski definition) is 2. The molecule has 1 aliphatic carbocycles. The molecule has 1 heterocycles. The summed E-state index contributed by atoms with van der Waals surface area (Å²) in [5.74, 6) is 0. The van der Waals surface area contributed by atoms with E-state index in [1.807, 2.05) is 13.0 Å². The van der Waals surface area contributed by atoms with Crippen LogP contribution in [0.3, 0.4) is 0 Å². The molecular weight excluding hydrogens is 402 g/mol. The van der Waals surface area contributed by atoms with Crippen molar-refractivity contribution >= 4 is 28.2 Å². The Labute approximate surface area is 189 Å². The Balaban J connectivity index is 1.54. The highest BCUT2D eigenvalue weighted by Gasteiger charge is 2.25. The van der Waals surface area contributed by atoms with Crippen molar-refractivity contribution in [2.24, 2.45) is 0 Å². The van der Waals surface area contributed by atoms with Gasteiger partial charge in [-0.05, 0) is 68.1 Å². The minimum absolute atomic E-state index is 0.0173. The maximum atomic E-state index is 12.9. The Morgan fingerprint density at radius 3 is 2.55 bits per heavy atom. The van der Waals surface area contributed by atoms with Crippen molar-refractivity contribution < 1.29 is 0 Å². The van der Waals surface area contributed by atoms with Gasteiger partial charge < -0.3 is 15.2 Å². The Kier molecular flexibility index (Phi) is 6.71. The van der Waals surface area contributed by atoms with Gasteiger partial charge in [-0.1, -0.05) is 55.3 Å². The molecule has 31 heavy (non-hydrogen) atoms. The minimum Gasteiger partial charge on any atom is -0.362 e. The predicted molar refractivity (Wildman–Crippen MR) is 133 cm³/mol. The molecule has 1 aromatic heterocycles. The van der Waals surface area contributed by atoms with Crippen LogP contribution >= 0.6 is 12.2 Å². The molecule has 1 saturated carbocycles. The molecule has 0 radical (unpaired) electrons. The van der Waals surface area contributed by atoms with Gasteiger partial charge in [0.15, 0.2) is 5.11 Å². The zero-order chi connectivity index (χ0) is 21.8. The first kappa shape index (κ1) is 21.6. The van der Waals surface area contributed by atoms with Crippen molar-refractivity contribution in [3.63, 3.8) is 0 Å². The molecule has 3 aromatic rings. The first-order valence-corrected chi connectivity index (χ1v) is 11.6. The highest BCUT2D eigenvalue weighted by atomic mass is 32.1.